The summed E-state index contributed by atoms with van der Waals surface area (Å²) in [6.07, 6.45) is 0. The van der Waals surface area contributed by atoms with Gasteiger partial charge in [0.15, 0.2) is 6.61 Å². The molecule has 0 N–H and O–H groups in total. The SMILES string of the molecule is Cc1cccc(N2CCN(C(=O)COc3nsc4nc(C)cc(C)c34)CC2C)c1. The summed E-state index contributed by atoms with van der Waals surface area (Å²) in [5.41, 5.74) is 4.50. The maximum atomic E-state index is 12.8. The largest absolute Gasteiger partial charge is 0.466 e. The van der Waals surface area contributed by atoms with Crippen LogP contribution in [0.3, 0.4) is 0 Å². The summed E-state index contributed by atoms with van der Waals surface area (Å²) in [5.74, 6) is 0.509. The van der Waals surface area contributed by atoms with Gasteiger partial charge in [0.2, 0.25) is 5.88 Å². The number of nitrogens with zero attached hydrogens (tertiary/aromatic N) is 4. The van der Waals surface area contributed by atoms with Gasteiger partial charge in [-0.3, -0.25) is 4.79 Å². The Kier molecular flexibility index (Phi) is 5.41. The maximum Gasteiger partial charge on any atom is 0.260 e. The Labute approximate surface area is 175 Å². The normalized spacial score (nSPS) is 17.0. The third-order valence-corrected chi connectivity index (χ3v) is 6.11. The fourth-order valence-electron chi connectivity index (χ4n) is 3.95. The average molecular weight is 411 g/mol. The highest BCUT2D eigenvalue weighted by atomic mass is 32.1. The quantitative estimate of drug-likeness (QED) is 0.656. The lowest BCUT2D eigenvalue weighted by Gasteiger charge is -2.41. The lowest BCUT2D eigenvalue weighted by atomic mass is 10.1. The van der Waals surface area contributed by atoms with Crippen LogP contribution in [0.1, 0.15) is 23.7 Å². The lowest BCUT2D eigenvalue weighted by molar-refractivity contribution is -0.134. The summed E-state index contributed by atoms with van der Waals surface area (Å²) in [6, 6.07) is 10.8. The highest BCUT2D eigenvalue weighted by Gasteiger charge is 2.27. The van der Waals surface area contributed by atoms with Gasteiger partial charge in [0.25, 0.3) is 5.91 Å². The van der Waals surface area contributed by atoms with E-state index in [2.05, 4.69) is 52.4 Å². The number of aryl methyl sites for hydroxylation is 3. The summed E-state index contributed by atoms with van der Waals surface area (Å²) in [6.45, 7) is 10.5. The van der Waals surface area contributed by atoms with Crippen molar-refractivity contribution in [2.75, 3.05) is 31.1 Å². The number of aromatic nitrogens is 2. The summed E-state index contributed by atoms with van der Waals surface area (Å²) in [5, 5.41) is 0.908. The van der Waals surface area contributed by atoms with Crippen molar-refractivity contribution in [3.05, 3.63) is 47.2 Å². The van der Waals surface area contributed by atoms with Gasteiger partial charge in [-0.2, -0.15) is 4.37 Å². The van der Waals surface area contributed by atoms with Crippen molar-refractivity contribution in [1.82, 2.24) is 14.3 Å². The van der Waals surface area contributed by atoms with E-state index < -0.39 is 0 Å². The molecule has 1 saturated heterocycles. The summed E-state index contributed by atoms with van der Waals surface area (Å²) < 4.78 is 10.2. The first-order chi connectivity index (χ1) is 13.9. The predicted molar refractivity (Wildman–Crippen MR) is 117 cm³/mol. The molecule has 3 heterocycles. The molecule has 0 bridgehead atoms. The molecule has 7 heteroatoms. The number of hydrogen-bond acceptors (Lipinski definition) is 6. The second-order valence-corrected chi connectivity index (χ2v) is 8.51. The molecule has 29 heavy (non-hydrogen) atoms. The number of hydrogen-bond donors (Lipinski definition) is 0. The van der Waals surface area contributed by atoms with Crippen molar-refractivity contribution < 1.29 is 9.53 Å². The Morgan fingerprint density at radius 1 is 1.24 bits per heavy atom. The van der Waals surface area contributed by atoms with Gasteiger partial charge in [0.05, 0.1) is 5.39 Å². The van der Waals surface area contributed by atoms with Crippen LogP contribution in [-0.4, -0.2) is 52.4 Å². The number of anilines is 1. The van der Waals surface area contributed by atoms with Crippen LogP contribution in [0, 0.1) is 20.8 Å². The van der Waals surface area contributed by atoms with E-state index in [-0.39, 0.29) is 18.6 Å². The highest BCUT2D eigenvalue weighted by Crippen LogP contribution is 2.30. The van der Waals surface area contributed by atoms with Crippen LogP contribution in [0.25, 0.3) is 10.2 Å². The molecule has 1 fully saturated rings. The molecule has 1 atom stereocenters. The van der Waals surface area contributed by atoms with Crippen LogP contribution in [0.4, 0.5) is 5.69 Å². The molecular weight excluding hydrogens is 384 g/mol. The van der Waals surface area contributed by atoms with Crippen molar-refractivity contribution in [3.63, 3.8) is 0 Å². The summed E-state index contributed by atoms with van der Waals surface area (Å²) >= 11 is 1.31. The van der Waals surface area contributed by atoms with Gasteiger partial charge in [-0.1, -0.05) is 12.1 Å². The molecule has 1 unspecified atom stereocenters. The van der Waals surface area contributed by atoms with Crippen LogP contribution in [0.2, 0.25) is 0 Å². The standard InChI is InChI=1S/C22H26N4O2S/c1-14-6-5-7-18(10-14)26-9-8-25(12-17(26)4)19(27)13-28-21-20-15(2)11-16(3)23-22(20)29-24-21/h5-7,10-11,17H,8-9,12-13H2,1-4H3. The van der Waals surface area contributed by atoms with Gasteiger partial charge in [-0.05, 0) is 68.6 Å². The molecule has 1 aliphatic rings. The van der Waals surface area contributed by atoms with E-state index in [1.54, 1.807) is 0 Å². The van der Waals surface area contributed by atoms with Crippen LogP contribution < -0.4 is 9.64 Å². The Bertz CT molecular complexity index is 1050. The third-order valence-electron chi connectivity index (χ3n) is 5.39. The number of amides is 1. The van der Waals surface area contributed by atoms with E-state index in [1.165, 1.54) is 22.8 Å². The molecule has 0 aliphatic carbocycles. The molecule has 2 aromatic heterocycles. The van der Waals surface area contributed by atoms with E-state index in [1.807, 2.05) is 24.8 Å². The smallest absolute Gasteiger partial charge is 0.260 e. The first-order valence-corrected chi connectivity index (χ1v) is 10.7. The van der Waals surface area contributed by atoms with Crippen LogP contribution in [-0.2, 0) is 4.79 Å². The Morgan fingerprint density at radius 2 is 2.07 bits per heavy atom. The van der Waals surface area contributed by atoms with Gasteiger partial charge in [0, 0.05) is 37.1 Å². The number of ether oxygens (including phenoxy) is 1. The molecule has 0 radical (unpaired) electrons. The van der Waals surface area contributed by atoms with Gasteiger partial charge in [0.1, 0.15) is 4.83 Å². The van der Waals surface area contributed by atoms with Crippen molar-refractivity contribution in [2.45, 2.75) is 33.7 Å². The molecule has 152 valence electrons. The van der Waals surface area contributed by atoms with E-state index in [0.717, 1.165) is 28.0 Å². The average Bonchev–Trinajstić information content (AvgIpc) is 3.09. The van der Waals surface area contributed by atoms with Crippen LogP contribution >= 0.6 is 11.5 Å². The number of carbonyl (C=O) groups excluding carboxylic acids is 1. The Hall–Kier alpha value is -2.67. The minimum atomic E-state index is -0.000355. The molecule has 1 aromatic carbocycles. The molecule has 4 rings (SSSR count). The van der Waals surface area contributed by atoms with Gasteiger partial charge in [-0.15, -0.1) is 0 Å². The highest BCUT2D eigenvalue weighted by molar-refractivity contribution is 7.13. The minimum Gasteiger partial charge on any atom is -0.466 e. The molecule has 1 amide bonds. The first-order valence-electron chi connectivity index (χ1n) is 9.90. The van der Waals surface area contributed by atoms with Gasteiger partial charge in [-0.25, -0.2) is 4.98 Å². The van der Waals surface area contributed by atoms with E-state index in [0.29, 0.717) is 19.0 Å². The van der Waals surface area contributed by atoms with E-state index in [4.69, 9.17) is 4.74 Å². The van der Waals surface area contributed by atoms with Crippen LogP contribution in [0.5, 0.6) is 5.88 Å². The van der Waals surface area contributed by atoms with Gasteiger partial charge >= 0.3 is 0 Å². The molecule has 0 saturated carbocycles. The number of pyridine rings is 1. The monoisotopic (exact) mass is 410 g/mol. The fraction of sp³-hybridized carbons (Fsp3) is 0.409. The zero-order valence-electron chi connectivity index (χ0n) is 17.3. The Balaban J connectivity index is 1.39. The molecule has 1 aliphatic heterocycles. The summed E-state index contributed by atoms with van der Waals surface area (Å²) in [7, 11) is 0. The van der Waals surface area contributed by atoms with Crippen molar-refractivity contribution in [3.8, 4) is 5.88 Å². The molecule has 6 nitrogen and oxygen atoms in total. The zero-order valence-corrected chi connectivity index (χ0v) is 18.1. The van der Waals surface area contributed by atoms with E-state index >= 15 is 0 Å². The number of carbonyl (C=O) groups is 1. The maximum absolute atomic E-state index is 12.8. The van der Waals surface area contributed by atoms with Crippen molar-refractivity contribution >= 4 is 33.3 Å². The van der Waals surface area contributed by atoms with Crippen molar-refractivity contribution in [1.29, 1.82) is 0 Å². The molecule has 3 aromatic rings. The Morgan fingerprint density at radius 3 is 2.83 bits per heavy atom. The summed E-state index contributed by atoms with van der Waals surface area (Å²) in [4.78, 5) is 22.4. The number of benzene rings is 1. The number of piperazine rings is 1. The van der Waals surface area contributed by atoms with Crippen LogP contribution in [0.15, 0.2) is 30.3 Å². The fourth-order valence-corrected chi connectivity index (χ4v) is 4.79. The van der Waals surface area contributed by atoms with Crippen molar-refractivity contribution in [2.24, 2.45) is 0 Å². The third kappa shape index (κ3) is 4.05. The second kappa shape index (κ2) is 7.99. The van der Waals surface area contributed by atoms with Gasteiger partial charge < -0.3 is 14.5 Å². The molecular formula is C22H26N4O2S. The minimum absolute atomic E-state index is 0.000355. The first kappa shape index (κ1) is 19.6. The topological polar surface area (TPSA) is 58.6 Å². The number of rotatable bonds is 4. The number of fused-ring (bicyclic) bond motifs is 1. The second-order valence-electron chi connectivity index (χ2n) is 7.76. The predicted octanol–water partition coefficient (Wildman–Crippen LogP) is 3.73. The van der Waals surface area contributed by atoms with E-state index in [9.17, 15) is 4.79 Å². The zero-order chi connectivity index (χ0) is 20.5. The lowest BCUT2D eigenvalue weighted by Crippen LogP contribution is -2.54. The molecule has 0 spiro atoms.